The van der Waals surface area contributed by atoms with E-state index in [4.69, 9.17) is 5.73 Å². The van der Waals surface area contributed by atoms with Gasteiger partial charge < -0.3 is 15.5 Å². The molecule has 2 unspecified atom stereocenters. The summed E-state index contributed by atoms with van der Waals surface area (Å²) in [7, 11) is 1.69. The van der Waals surface area contributed by atoms with E-state index in [1.165, 1.54) is 4.90 Å². The number of carbonyl (C=O) groups is 2. The summed E-state index contributed by atoms with van der Waals surface area (Å²) < 4.78 is 0. The molecule has 0 aromatic carbocycles. The molecule has 2 amide bonds. The average Bonchev–Trinajstić information content (AvgIpc) is 2.76. The Morgan fingerprint density at radius 1 is 1.21 bits per heavy atom. The first kappa shape index (κ1) is 18.2. The van der Waals surface area contributed by atoms with Gasteiger partial charge in [-0.15, -0.1) is 12.4 Å². The first-order valence-corrected chi connectivity index (χ1v) is 6.79. The molecule has 1 saturated carbocycles. The van der Waals surface area contributed by atoms with Crippen molar-refractivity contribution in [2.75, 3.05) is 26.7 Å². The van der Waals surface area contributed by atoms with Crippen LogP contribution in [0.25, 0.3) is 0 Å². The Morgan fingerprint density at radius 3 is 2.21 bits per heavy atom. The molecule has 0 aromatic heterocycles. The predicted octanol–water partition coefficient (Wildman–Crippen LogP) is 0.862. The average molecular weight is 292 g/mol. The molecule has 0 heterocycles. The second-order valence-corrected chi connectivity index (χ2v) is 4.96. The minimum Gasteiger partial charge on any atom is -0.342 e. The Labute approximate surface area is 121 Å². The van der Waals surface area contributed by atoms with Crippen LogP contribution in [0.4, 0.5) is 0 Å². The summed E-state index contributed by atoms with van der Waals surface area (Å²) in [5.41, 5.74) is 5.92. The van der Waals surface area contributed by atoms with Gasteiger partial charge in [0.15, 0.2) is 0 Å². The van der Waals surface area contributed by atoms with Crippen molar-refractivity contribution >= 4 is 24.2 Å². The number of hydrogen-bond acceptors (Lipinski definition) is 3. The molecule has 2 N–H and O–H groups in total. The summed E-state index contributed by atoms with van der Waals surface area (Å²) in [5.74, 6) is -0.0811. The van der Waals surface area contributed by atoms with Crippen molar-refractivity contribution in [3.8, 4) is 0 Å². The van der Waals surface area contributed by atoms with Crippen molar-refractivity contribution < 1.29 is 9.59 Å². The van der Waals surface area contributed by atoms with Crippen LogP contribution in [0.3, 0.4) is 0 Å². The maximum Gasteiger partial charge on any atom is 0.242 e. The molecular formula is C13H26ClN3O2. The van der Waals surface area contributed by atoms with Crippen molar-refractivity contribution in [1.29, 1.82) is 0 Å². The van der Waals surface area contributed by atoms with Crippen molar-refractivity contribution in [3.63, 3.8) is 0 Å². The molecule has 0 saturated heterocycles. The molecule has 1 aliphatic carbocycles. The van der Waals surface area contributed by atoms with Crippen LogP contribution in [0.1, 0.15) is 33.1 Å². The van der Waals surface area contributed by atoms with Crippen LogP contribution in [-0.4, -0.2) is 54.3 Å². The van der Waals surface area contributed by atoms with Gasteiger partial charge in [-0.2, -0.15) is 0 Å². The van der Waals surface area contributed by atoms with Gasteiger partial charge in [0.2, 0.25) is 11.8 Å². The fourth-order valence-corrected chi connectivity index (χ4v) is 2.54. The van der Waals surface area contributed by atoms with Gasteiger partial charge in [-0.3, -0.25) is 9.59 Å². The molecule has 112 valence electrons. The molecule has 0 spiro atoms. The highest BCUT2D eigenvalue weighted by molar-refractivity contribution is 5.86. The highest BCUT2D eigenvalue weighted by Crippen LogP contribution is 2.25. The Hall–Kier alpha value is -0.810. The summed E-state index contributed by atoms with van der Waals surface area (Å²) in [6, 6.07) is -0.0384. The van der Waals surface area contributed by atoms with Crippen LogP contribution in [0.2, 0.25) is 0 Å². The van der Waals surface area contributed by atoms with E-state index in [-0.39, 0.29) is 42.7 Å². The number of halogens is 1. The SMILES string of the molecule is CCN(CC)C(=O)CN(C)C(=O)C1CCCC1N.Cl. The normalized spacial score (nSPS) is 21.7. The molecule has 1 fully saturated rings. The lowest BCUT2D eigenvalue weighted by atomic mass is 10.0. The number of amides is 2. The Balaban J connectivity index is 0.00000324. The Bertz CT molecular complexity index is 308. The molecule has 1 rings (SSSR count). The van der Waals surface area contributed by atoms with E-state index in [9.17, 15) is 9.59 Å². The zero-order valence-corrected chi connectivity index (χ0v) is 12.9. The fraction of sp³-hybridized carbons (Fsp3) is 0.846. The number of nitrogens with two attached hydrogens (primary N) is 1. The minimum atomic E-state index is -0.0977. The molecule has 2 atom stereocenters. The number of rotatable bonds is 5. The highest BCUT2D eigenvalue weighted by atomic mass is 35.5. The highest BCUT2D eigenvalue weighted by Gasteiger charge is 2.32. The molecule has 0 bridgehead atoms. The number of likely N-dealkylation sites (N-methyl/N-ethyl adjacent to an activating group) is 2. The molecule has 5 nitrogen and oxygen atoms in total. The van der Waals surface area contributed by atoms with Gasteiger partial charge in [0.25, 0.3) is 0 Å². The van der Waals surface area contributed by atoms with E-state index in [1.807, 2.05) is 13.8 Å². The van der Waals surface area contributed by atoms with E-state index in [2.05, 4.69) is 0 Å². The van der Waals surface area contributed by atoms with E-state index in [0.717, 1.165) is 19.3 Å². The van der Waals surface area contributed by atoms with Crippen LogP contribution in [0, 0.1) is 5.92 Å². The zero-order chi connectivity index (χ0) is 13.7. The fourth-order valence-electron chi connectivity index (χ4n) is 2.54. The first-order valence-electron chi connectivity index (χ1n) is 6.79. The molecule has 0 radical (unpaired) electrons. The third-order valence-electron chi connectivity index (χ3n) is 3.75. The maximum atomic E-state index is 12.2. The third kappa shape index (κ3) is 4.66. The zero-order valence-electron chi connectivity index (χ0n) is 12.1. The van der Waals surface area contributed by atoms with Gasteiger partial charge in [-0.05, 0) is 26.7 Å². The summed E-state index contributed by atoms with van der Waals surface area (Å²) in [6.45, 7) is 5.40. The molecule has 0 aromatic rings. The third-order valence-corrected chi connectivity index (χ3v) is 3.75. The molecule has 0 aliphatic heterocycles. The Kier molecular flexibility index (Phi) is 8.02. The van der Waals surface area contributed by atoms with Crippen molar-refractivity contribution in [3.05, 3.63) is 0 Å². The monoisotopic (exact) mass is 291 g/mol. The molecule has 19 heavy (non-hydrogen) atoms. The lowest BCUT2D eigenvalue weighted by Crippen LogP contribution is -2.45. The van der Waals surface area contributed by atoms with Gasteiger partial charge in [-0.25, -0.2) is 0 Å². The molecule has 1 aliphatic rings. The van der Waals surface area contributed by atoms with E-state index < -0.39 is 0 Å². The van der Waals surface area contributed by atoms with Crippen LogP contribution in [0.5, 0.6) is 0 Å². The molecule has 6 heteroatoms. The number of carbonyl (C=O) groups excluding carboxylic acids is 2. The summed E-state index contributed by atoms with van der Waals surface area (Å²) in [4.78, 5) is 27.3. The van der Waals surface area contributed by atoms with Crippen LogP contribution >= 0.6 is 12.4 Å². The quantitative estimate of drug-likeness (QED) is 0.817. The van der Waals surface area contributed by atoms with E-state index in [0.29, 0.717) is 13.1 Å². The maximum absolute atomic E-state index is 12.2. The van der Waals surface area contributed by atoms with Crippen molar-refractivity contribution in [2.24, 2.45) is 11.7 Å². The van der Waals surface area contributed by atoms with E-state index >= 15 is 0 Å². The van der Waals surface area contributed by atoms with E-state index in [1.54, 1.807) is 11.9 Å². The van der Waals surface area contributed by atoms with Crippen LogP contribution in [0.15, 0.2) is 0 Å². The minimum absolute atomic E-state index is 0. The first-order chi connectivity index (χ1) is 8.51. The summed E-state index contributed by atoms with van der Waals surface area (Å²) in [6.07, 6.45) is 2.77. The predicted molar refractivity (Wildman–Crippen MR) is 78.1 cm³/mol. The number of hydrogen-bond donors (Lipinski definition) is 1. The Morgan fingerprint density at radius 2 is 1.79 bits per heavy atom. The smallest absolute Gasteiger partial charge is 0.242 e. The summed E-state index contributed by atoms with van der Waals surface area (Å²) >= 11 is 0. The lowest BCUT2D eigenvalue weighted by molar-refractivity contribution is -0.141. The van der Waals surface area contributed by atoms with Crippen molar-refractivity contribution in [2.45, 2.75) is 39.2 Å². The second-order valence-electron chi connectivity index (χ2n) is 4.96. The number of nitrogens with zero attached hydrogens (tertiary/aromatic N) is 2. The van der Waals surface area contributed by atoms with Gasteiger partial charge in [0.1, 0.15) is 0 Å². The summed E-state index contributed by atoms with van der Waals surface area (Å²) in [5, 5.41) is 0. The van der Waals surface area contributed by atoms with Gasteiger partial charge in [0, 0.05) is 26.2 Å². The van der Waals surface area contributed by atoms with Gasteiger partial charge in [0.05, 0.1) is 12.5 Å². The second kappa shape index (κ2) is 8.38. The topological polar surface area (TPSA) is 66.6 Å². The molecular weight excluding hydrogens is 266 g/mol. The van der Waals surface area contributed by atoms with Crippen LogP contribution in [-0.2, 0) is 9.59 Å². The van der Waals surface area contributed by atoms with Crippen LogP contribution < -0.4 is 5.73 Å². The van der Waals surface area contributed by atoms with Crippen molar-refractivity contribution in [1.82, 2.24) is 9.80 Å². The lowest BCUT2D eigenvalue weighted by Gasteiger charge is -2.26. The van der Waals surface area contributed by atoms with Gasteiger partial charge >= 0.3 is 0 Å². The van der Waals surface area contributed by atoms with Gasteiger partial charge in [-0.1, -0.05) is 6.42 Å². The standard InChI is InChI=1S/C13H25N3O2.ClH/c1-4-16(5-2)12(17)9-15(3)13(18)10-7-6-8-11(10)14;/h10-11H,4-9,14H2,1-3H3;1H. The largest absolute Gasteiger partial charge is 0.342 e.